The van der Waals surface area contributed by atoms with Gasteiger partial charge in [-0.05, 0) is 30.0 Å². The Balaban J connectivity index is 2.37. The van der Waals surface area contributed by atoms with Gasteiger partial charge >= 0.3 is 0 Å². The van der Waals surface area contributed by atoms with Gasteiger partial charge in [0.2, 0.25) is 0 Å². The molecule has 0 saturated carbocycles. The van der Waals surface area contributed by atoms with Gasteiger partial charge in [-0.1, -0.05) is 28.9 Å². The summed E-state index contributed by atoms with van der Waals surface area (Å²) in [6, 6.07) is 6.25. The molecule has 0 aromatic heterocycles. The zero-order chi connectivity index (χ0) is 8.55. The first-order chi connectivity index (χ1) is 5.75. The van der Waals surface area contributed by atoms with Crippen LogP contribution in [-0.2, 0) is 6.42 Å². The lowest BCUT2D eigenvalue weighted by Crippen LogP contribution is -2.17. The maximum absolute atomic E-state index is 5.59. The predicted molar refractivity (Wildman–Crippen MR) is 52.5 cm³/mol. The van der Waals surface area contributed by atoms with E-state index in [1.807, 2.05) is 6.07 Å². The monoisotopic (exact) mass is 226 g/mol. The highest BCUT2D eigenvalue weighted by Gasteiger charge is 2.15. The quantitative estimate of drug-likeness (QED) is 0.661. The van der Waals surface area contributed by atoms with Gasteiger partial charge in [-0.15, -0.1) is 0 Å². The summed E-state index contributed by atoms with van der Waals surface area (Å²) < 4.78 is 6.68. The predicted octanol–water partition coefficient (Wildman–Crippen LogP) is 3.02. The lowest BCUT2D eigenvalue weighted by molar-refractivity contribution is 0.234. The van der Waals surface area contributed by atoms with Crippen molar-refractivity contribution in [3.8, 4) is 5.75 Å². The normalized spacial score (nSPS) is 21.3. The zero-order valence-corrected chi connectivity index (χ0v) is 8.60. The van der Waals surface area contributed by atoms with E-state index in [4.69, 9.17) is 4.74 Å². The van der Waals surface area contributed by atoms with E-state index in [9.17, 15) is 0 Å². The van der Waals surface area contributed by atoms with Crippen LogP contribution in [0.25, 0.3) is 0 Å². The Labute approximate surface area is 80.9 Å². The van der Waals surface area contributed by atoms with Crippen molar-refractivity contribution in [2.45, 2.75) is 13.3 Å². The highest BCUT2D eigenvalue weighted by atomic mass is 79.9. The Morgan fingerprint density at radius 1 is 1.50 bits per heavy atom. The molecule has 1 nitrogen and oxygen atoms in total. The third kappa shape index (κ3) is 1.48. The van der Waals surface area contributed by atoms with E-state index in [-0.39, 0.29) is 0 Å². The van der Waals surface area contributed by atoms with Crippen LogP contribution in [0, 0.1) is 5.92 Å². The fourth-order valence-corrected chi connectivity index (χ4v) is 1.84. The molecule has 1 heterocycles. The first kappa shape index (κ1) is 8.11. The molecule has 1 aliphatic heterocycles. The molecule has 0 saturated heterocycles. The van der Waals surface area contributed by atoms with Crippen molar-refractivity contribution in [1.29, 1.82) is 0 Å². The number of fused-ring (bicyclic) bond motifs is 1. The molecule has 2 heteroatoms. The van der Waals surface area contributed by atoms with E-state index in [2.05, 4.69) is 35.0 Å². The Kier molecular flexibility index (Phi) is 2.09. The molecule has 1 aromatic rings. The third-order valence-corrected chi connectivity index (χ3v) is 2.61. The maximum Gasteiger partial charge on any atom is 0.123 e. The van der Waals surface area contributed by atoms with Gasteiger partial charge in [-0.25, -0.2) is 0 Å². The van der Waals surface area contributed by atoms with Crippen LogP contribution in [0.3, 0.4) is 0 Å². The maximum atomic E-state index is 5.59. The van der Waals surface area contributed by atoms with Crippen molar-refractivity contribution in [3.05, 3.63) is 28.2 Å². The van der Waals surface area contributed by atoms with Gasteiger partial charge in [0.25, 0.3) is 0 Å². The van der Waals surface area contributed by atoms with Gasteiger partial charge in [0.1, 0.15) is 5.75 Å². The van der Waals surface area contributed by atoms with Crippen LogP contribution in [0.2, 0.25) is 0 Å². The second-order valence-electron chi connectivity index (χ2n) is 3.37. The van der Waals surface area contributed by atoms with Gasteiger partial charge in [-0.3, -0.25) is 0 Å². The van der Waals surface area contributed by atoms with E-state index >= 15 is 0 Å². The Bertz CT molecular complexity index is 296. The summed E-state index contributed by atoms with van der Waals surface area (Å²) in [5.74, 6) is 1.70. The topological polar surface area (TPSA) is 9.23 Å². The minimum Gasteiger partial charge on any atom is -0.493 e. The highest BCUT2D eigenvalue weighted by molar-refractivity contribution is 9.10. The average molecular weight is 227 g/mol. The first-order valence-corrected chi connectivity index (χ1v) is 4.96. The van der Waals surface area contributed by atoms with Crippen molar-refractivity contribution in [2.75, 3.05) is 6.61 Å². The summed E-state index contributed by atoms with van der Waals surface area (Å²) in [5, 5.41) is 0. The number of benzene rings is 1. The lowest BCUT2D eigenvalue weighted by atomic mass is 9.99. The molecule has 12 heavy (non-hydrogen) atoms. The zero-order valence-electron chi connectivity index (χ0n) is 7.01. The van der Waals surface area contributed by atoms with E-state index < -0.39 is 0 Å². The lowest BCUT2D eigenvalue weighted by Gasteiger charge is -2.22. The van der Waals surface area contributed by atoms with Crippen molar-refractivity contribution in [3.63, 3.8) is 0 Å². The summed E-state index contributed by atoms with van der Waals surface area (Å²) in [6.45, 7) is 3.06. The second kappa shape index (κ2) is 3.09. The fourth-order valence-electron chi connectivity index (χ4n) is 1.50. The Morgan fingerprint density at radius 2 is 2.33 bits per heavy atom. The molecule has 0 radical (unpaired) electrons. The molecular weight excluding hydrogens is 216 g/mol. The van der Waals surface area contributed by atoms with Crippen LogP contribution in [0.4, 0.5) is 0 Å². The van der Waals surface area contributed by atoms with Crippen LogP contribution >= 0.6 is 15.9 Å². The number of hydrogen-bond acceptors (Lipinski definition) is 1. The van der Waals surface area contributed by atoms with Gasteiger partial charge in [0.05, 0.1) is 6.61 Å². The van der Waals surface area contributed by atoms with Crippen molar-refractivity contribution >= 4 is 15.9 Å². The van der Waals surface area contributed by atoms with Crippen LogP contribution in [-0.4, -0.2) is 6.61 Å². The third-order valence-electron chi connectivity index (χ3n) is 2.12. The number of rotatable bonds is 0. The van der Waals surface area contributed by atoms with Gasteiger partial charge in [0.15, 0.2) is 0 Å². The van der Waals surface area contributed by atoms with E-state index in [0.717, 1.165) is 23.2 Å². The van der Waals surface area contributed by atoms with E-state index in [1.165, 1.54) is 5.56 Å². The summed E-state index contributed by atoms with van der Waals surface area (Å²) in [7, 11) is 0. The fraction of sp³-hybridized carbons (Fsp3) is 0.400. The minimum atomic E-state index is 0.652. The number of ether oxygens (including phenoxy) is 1. The molecule has 0 amide bonds. The molecule has 0 N–H and O–H groups in total. The molecule has 0 bridgehead atoms. The molecule has 0 spiro atoms. The molecule has 1 atom stereocenters. The minimum absolute atomic E-state index is 0.652. The first-order valence-electron chi connectivity index (χ1n) is 4.17. The summed E-state index contributed by atoms with van der Waals surface area (Å²) in [4.78, 5) is 0. The Hall–Kier alpha value is -0.500. The average Bonchev–Trinajstić information content (AvgIpc) is 2.05. The molecule has 1 unspecified atom stereocenters. The molecule has 0 fully saturated rings. The van der Waals surface area contributed by atoms with Crippen molar-refractivity contribution < 1.29 is 4.74 Å². The van der Waals surface area contributed by atoms with Gasteiger partial charge in [0, 0.05) is 4.47 Å². The second-order valence-corrected chi connectivity index (χ2v) is 4.29. The van der Waals surface area contributed by atoms with Gasteiger partial charge in [-0.2, -0.15) is 0 Å². The largest absolute Gasteiger partial charge is 0.493 e. The molecule has 2 rings (SSSR count). The van der Waals surface area contributed by atoms with Crippen LogP contribution in [0.15, 0.2) is 22.7 Å². The highest BCUT2D eigenvalue weighted by Crippen LogP contribution is 2.29. The van der Waals surface area contributed by atoms with E-state index in [0.29, 0.717) is 5.92 Å². The van der Waals surface area contributed by atoms with Crippen molar-refractivity contribution in [1.82, 2.24) is 0 Å². The Morgan fingerprint density at radius 3 is 3.17 bits per heavy atom. The summed E-state index contributed by atoms with van der Waals surface area (Å²) in [6.07, 6.45) is 1.14. The van der Waals surface area contributed by atoms with Crippen LogP contribution < -0.4 is 4.74 Å². The van der Waals surface area contributed by atoms with E-state index in [1.54, 1.807) is 0 Å². The SMILES string of the molecule is CC1COc2cc(Br)ccc2C1. The number of halogens is 1. The molecule has 64 valence electrons. The van der Waals surface area contributed by atoms with Crippen molar-refractivity contribution in [2.24, 2.45) is 5.92 Å². The van der Waals surface area contributed by atoms with Gasteiger partial charge < -0.3 is 4.74 Å². The molecular formula is C10H11BrO. The van der Waals surface area contributed by atoms with Crippen LogP contribution in [0.1, 0.15) is 12.5 Å². The molecule has 0 aliphatic carbocycles. The molecule has 1 aliphatic rings. The number of hydrogen-bond donors (Lipinski definition) is 0. The molecule has 1 aromatic carbocycles. The smallest absolute Gasteiger partial charge is 0.123 e. The summed E-state index contributed by atoms with van der Waals surface area (Å²) in [5.41, 5.74) is 1.33. The standard InChI is InChI=1S/C10H11BrO/c1-7-4-8-2-3-9(11)5-10(8)12-6-7/h2-3,5,7H,4,6H2,1H3. The van der Waals surface area contributed by atoms with Crippen LogP contribution in [0.5, 0.6) is 5.75 Å². The summed E-state index contributed by atoms with van der Waals surface area (Å²) >= 11 is 3.43.